The van der Waals surface area contributed by atoms with Gasteiger partial charge in [0.05, 0.1) is 17.8 Å². The lowest BCUT2D eigenvalue weighted by atomic mass is 10.1. The molecule has 0 aliphatic carbocycles. The van der Waals surface area contributed by atoms with Gasteiger partial charge in [0.25, 0.3) is 5.91 Å². The average Bonchev–Trinajstić information content (AvgIpc) is 3.51. The lowest BCUT2D eigenvalue weighted by Gasteiger charge is -2.21. The molecule has 2 N–H and O–H groups in total. The summed E-state index contributed by atoms with van der Waals surface area (Å²) >= 11 is 5.96. The lowest BCUT2D eigenvalue weighted by molar-refractivity contribution is -0.123. The molecule has 0 aliphatic rings. The van der Waals surface area contributed by atoms with Gasteiger partial charge in [-0.05, 0) is 61.9 Å². The number of carbonyl (C=O) groups excluding carboxylic acids is 3. The Morgan fingerprint density at radius 3 is 2.47 bits per heavy atom. The topological polar surface area (TPSA) is 137 Å². The number of benzene rings is 3. The summed E-state index contributed by atoms with van der Waals surface area (Å²) < 4.78 is 25.7. The number of hydrogen-bond acceptors (Lipinski definition) is 8. The van der Waals surface area contributed by atoms with Crippen LogP contribution in [0.25, 0.3) is 11.8 Å². The molecular formula is C30H28ClFN6O5. The highest BCUT2D eigenvalue weighted by Gasteiger charge is 2.25. The molecule has 0 unspecified atom stereocenters. The molecular weight excluding hydrogens is 579 g/mol. The summed E-state index contributed by atoms with van der Waals surface area (Å²) in [6.45, 7) is 5.24. The molecule has 4 rings (SSSR count). The van der Waals surface area contributed by atoms with Crippen LogP contribution >= 0.6 is 11.6 Å². The Morgan fingerprint density at radius 1 is 1.07 bits per heavy atom. The Hall–Kier alpha value is -5.10. The van der Waals surface area contributed by atoms with E-state index in [0.29, 0.717) is 11.3 Å². The second kappa shape index (κ2) is 13.3. The summed E-state index contributed by atoms with van der Waals surface area (Å²) in [4.78, 5) is 40.2. The maximum atomic E-state index is 14.9. The molecule has 1 heterocycles. The van der Waals surface area contributed by atoms with Gasteiger partial charge in [0.15, 0.2) is 12.1 Å². The fraction of sp³-hybridized carbons (Fsp3) is 0.200. The second-order valence-corrected chi connectivity index (χ2v) is 10.5. The van der Waals surface area contributed by atoms with Crippen molar-refractivity contribution >= 4 is 41.1 Å². The van der Waals surface area contributed by atoms with Crippen molar-refractivity contribution < 1.29 is 28.2 Å². The smallest absolute Gasteiger partial charge is 0.342 e. The standard InChI is InChI=1S/C30H28ClFN6O5/c1-30(2,3)43-29(41)21-11-10-19(16-24(21)42-4)35-28(40)27(18-8-6-5-7-9-18)36-25(39)15-12-20-23(38-34-17-33-37-38)14-13-22(31)26(20)32/h5-17,27H,1-4H3,(H,35,40)(H,36,39)/b15-12+/t27-/m0/s1. The number of ether oxygens (including phenoxy) is 2. The number of carbonyl (C=O) groups is 3. The number of aromatic nitrogens is 4. The molecule has 3 aromatic carbocycles. The lowest BCUT2D eigenvalue weighted by Crippen LogP contribution is -2.36. The van der Waals surface area contributed by atoms with Crippen LogP contribution in [-0.2, 0) is 14.3 Å². The van der Waals surface area contributed by atoms with Crippen molar-refractivity contribution in [3.05, 3.63) is 101 Å². The third kappa shape index (κ3) is 7.80. The third-order valence-electron chi connectivity index (χ3n) is 5.85. The molecule has 0 saturated carbocycles. The van der Waals surface area contributed by atoms with Crippen molar-refractivity contribution in [1.82, 2.24) is 25.5 Å². The van der Waals surface area contributed by atoms with Gasteiger partial charge in [-0.3, -0.25) is 9.59 Å². The minimum atomic E-state index is -1.14. The fourth-order valence-corrected chi connectivity index (χ4v) is 4.11. The van der Waals surface area contributed by atoms with E-state index in [0.717, 1.165) is 10.9 Å². The predicted molar refractivity (Wildman–Crippen MR) is 157 cm³/mol. The zero-order valence-corrected chi connectivity index (χ0v) is 24.4. The van der Waals surface area contributed by atoms with Crippen LogP contribution in [-0.4, -0.2) is 50.7 Å². The predicted octanol–water partition coefficient (Wildman–Crippen LogP) is 4.93. The van der Waals surface area contributed by atoms with Gasteiger partial charge >= 0.3 is 5.97 Å². The minimum absolute atomic E-state index is 0.0569. The quantitative estimate of drug-likeness (QED) is 0.202. The summed E-state index contributed by atoms with van der Waals surface area (Å²) in [5.41, 5.74) is 0.412. The summed E-state index contributed by atoms with van der Waals surface area (Å²) in [6.07, 6.45) is 3.45. The number of nitrogens with zero attached hydrogens (tertiary/aromatic N) is 4. The normalized spacial score (nSPS) is 12.0. The number of rotatable bonds is 9. The molecule has 2 amide bonds. The van der Waals surface area contributed by atoms with Crippen LogP contribution in [0.15, 0.2) is 73.1 Å². The molecule has 0 fully saturated rings. The Labute approximate surface area is 251 Å². The average molecular weight is 607 g/mol. The zero-order chi connectivity index (χ0) is 31.1. The van der Waals surface area contributed by atoms with E-state index < -0.39 is 35.2 Å². The number of nitrogens with one attached hydrogen (secondary N) is 2. The van der Waals surface area contributed by atoms with E-state index >= 15 is 0 Å². The van der Waals surface area contributed by atoms with Crippen molar-refractivity contribution in [2.45, 2.75) is 32.4 Å². The number of anilines is 1. The first-order valence-electron chi connectivity index (χ1n) is 12.9. The van der Waals surface area contributed by atoms with Crippen LogP contribution in [0.1, 0.15) is 48.3 Å². The van der Waals surface area contributed by atoms with Gasteiger partial charge in [0.1, 0.15) is 23.0 Å². The van der Waals surface area contributed by atoms with Crippen molar-refractivity contribution in [1.29, 1.82) is 0 Å². The van der Waals surface area contributed by atoms with E-state index in [2.05, 4.69) is 26.0 Å². The van der Waals surface area contributed by atoms with Crippen LogP contribution in [0, 0.1) is 5.82 Å². The number of hydrogen-bond donors (Lipinski definition) is 2. The number of amides is 2. The molecule has 43 heavy (non-hydrogen) atoms. The molecule has 1 atom stereocenters. The Bertz CT molecular complexity index is 1660. The van der Waals surface area contributed by atoms with Crippen molar-refractivity contribution in [3.8, 4) is 11.4 Å². The first-order chi connectivity index (χ1) is 20.5. The van der Waals surface area contributed by atoms with E-state index in [1.807, 2.05) is 0 Å². The van der Waals surface area contributed by atoms with E-state index in [1.165, 1.54) is 49.8 Å². The second-order valence-electron chi connectivity index (χ2n) is 10.1. The van der Waals surface area contributed by atoms with Gasteiger partial charge < -0.3 is 20.1 Å². The first kappa shape index (κ1) is 30.8. The van der Waals surface area contributed by atoms with Crippen LogP contribution in [0.2, 0.25) is 5.02 Å². The van der Waals surface area contributed by atoms with E-state index in [-0.39, 0.29) is 27.6 Å². The highest BCUT2D eigenvalue weighted by atomic mass is 35.5. The van der Waals surface area contributed by atoms with Gasteiger partial charge in [-0.15, -0.1) is 15.0 Å². The molecule has 1 aromatic heterocycles. The van der Waals surface area contributed by atoms with Gasteiger partial charge in [0, 0.05) is 23.4 Å². The Balaban J connectivity index is 1.57. The summed E-state index contributed by atoms with van der Waals surface area (Å²) in [5.74, 6) is -2.46. The summed E-state index contributed by atoms with van der Waals surface area (Å²) in [5, 5.41) is 16.5. The zero-order valence-electron chi connectivity index (χ0n) is 23.7. The highest BCUT2D eigenvalue weighted by Crippen LogP contribution is 2.27. The fourth-order valence-electron chi connectivity index (χ4n) is 3.95. The number of esters is 1. The van der Waals surface area contributed by atoms with Crippen molar-refractivity contribution in [2.75, 3.05) is 12.4 Å². The van der Waals surface area contributed by atoms with Crippen LogP contribution < -0.4 is 15.4 Å². The Morgan fingerprint density at radius 2 is 1.81 bits per heavy atom. The van der Waals surface area contributed by atoms with Crippen LogP contribution in [0.5, 0.6) is 5.75 Å². The summed E-state index contributed by atoms with van der Waals surface area (Å²) in [6, 6.07) is 14.7. The molecule has 0 saturated heterocycles. The van der Waals surface area contributed by atoms with Crippen LogP contribution in [0.3, 0.4) is 0 Å². The third-order valence-corrected chi connectivity index (χ3v) is 6.14. The Kier molecular flexibility index (Phi) is 9.51. The molecule has 4 aromatic rings. The number of halogens is 2. The van der Waals surface area contributed by atoms with Crippen molar-refractivity contribution in [2.24, 2.45) is 0 Å². The molecule has 222 valence electrons. The maximum Gasteiger partial charge on any atom is 0.342 e. The first-order valence-corrected chi connectivity index (χ1v) is 13.3. The SMILES string of the molecule is COc1cc(NC(=O)[C@@H](NC(=O)/C=C/c2c(-n3ncnn3)ccc(Cl)c2F)c2ccccc2)ccc1C(=O)OC(C)(C)C. The number of methoxy groups -OCH3 is 1. The molecule has 0 spiro atoms. The van der Waals surface area contributed by atoms with Gasteiger partial charge in [-0.2, -0.15) is 0 Å². The maximum absolute atomic E-state index is 14.9. The van der Waals surface area contributed by atoms with E-state index in [1.54, 1.807) is 51.1 Å². The molecule has 0 aliphatic heterocycles. The molecule has 0 bridgehead atoms. The molecule has 13 heteroatoms. The van der Waals surface area contributed by atoms with Crippen LogP contribution in [0.4, 0.5) is 10.1 Å². The van der Waals surface area contributed by atoms with E-state index in [4.69, 9.17) is 21.1 Å². The monoisotopic (exact) mass is 606 g/mol. The minimum Gasteiger partial charge on any atom is -0.496 e. The largest absolute Gasteiger partial charge is 0.496 e. The highest BCUT2D eigenvalue weighted by molar-refractivity contribution is 6.31. The summed E-state index contributed by atoms with van der Waals surface area (Å²) in [7, 11) is 1.39. The van der Waals surface area contributed by atoms with Crippen molar-refractivity contribution in [3.63, 3.8) is 0 Å². The molecule has 11 nitrogen and oxygen atoms in total. The number of tetrazole rings is 1. The van der Waals surface area contributed by atoms with Gasteiger partial charge in [-0.1, -0.05) is 41.9 Å². The van der Waals surface area contributed by atoms with Gasteiger partial charge in [0.2, 0.25) is 5.91 Å². The molecule has 0 radical (unpaired) electrons. The van der Waals surface area contributed by atoms with E-state index in [9.17, 15) is 18.8 Å². The van der Waals surface area contributed by atoms with Gasteiger partial charge in [-0.25, -0.2) is 9.18 Å².